The molecule has 0 aliphatic carbocycles. The first-order valence-corrected chi connectivity index (χ1v) is 9.42. The summed E-state index contributed by atoms with van der Waals surface area (Å²) in [4.78, 5) is 21.9. The quantitative estimate of drug-likeness (QED) is 0.600. The average molecular weight is 376 g/mol. The van der Waals surface area contributed by atoms with Crippen molar-refractivity contribution in [1.82, 2.24) is 9.97 Å². The number of rotatable bonds is 8. The van der Waals surface area contributed by atoms with Crippen molar-refractivity contribution in [3.05, 3.63) is 66.4 Å². The van der Waals surface area contributed by atoms with E-state index < -0.39 is 0 Å². The van der Waals surface area contributed by atoms with Gasteiger partial charge < -0.3 is 15.4 Å². The molecule has 0 atom stereocenters. The lowest BCUT2D eigenvalue weighted by atomic mass is 10.2. The van der Waals surface area contributed by atoms with E-state index in [1.807, 2.05) is 55.5 Å². The number of nitrogens with one attached hydrogen (secondary N) is 2. The molecule has 0 unspecified atom stereocenters. The number of amides is 1. The van der Waals surface area contributed by atoms with E-state index in [1.54, 1.807) is 12.1 Å². The first-order valence-electron chi connectivity index (χ1n) is 9.42. The Hall–Kier alpha value is -3.41. The van der Waals surface area contributed by atoms with Gasteiger partial charge in [-0.1, -0.05) is 49.4 Å². The number of hydrogen-bond donors (Lipinski definition) is 2. The van der Waals surface area contributed by atoms with E-state index in [0.717, 1.165) is 18.5 Å². The van der Waals surface area contributed by atoms with Crippen LogP contribution in [-0.2, 0) is 0 Å². The molecule has 3 rings (SSSR count). The van der Waals surface area contributed by atoms with Crippen molar-refractivity contribution < 1.29 is 9.53 Å². The molecule has 0 aliphatic heterocycles. The largest absolute Gasteiger partial charge is 0.492 e. The second-order valence-corrected chi connectivity index (χ2v) is 6.14. The zero-order chi connectivity index (χ0) is 19.8. The third-order valence-corrected chi connectivity index (χ3v) is 3.98. The van der Waals surface area contributed by atoms with Crippen LogP contribution in [0.5, 0.6) is 5.75 Å². The maximum absolute atomic E-state index is 12.9. The highest BCUT2D eigenvalue weighted by molar-refractivity contribution is 6.04. The van der Waals surface area contributed by atoms with Crippen LogP contribution in [0.4, 0.5) is 11.5 Å². The summed E-state index contributed by atoms with van der Waals surface area (Å²) in [6.45, 7) is 5.26. The summed E-state index contributed by atoms with van der Waals surface area (Å²) in [7, 11) is 0. The van der Waals surface area contributed by atoms with Crippen molar-refractivity contribution in [3.8, 4) is 17.1 Å². The van der Waals surface area contributed by atoms with Crippen molar-refractivity contribution in [2.24, 2.45) is 0 Å². The van der Waals surface area contributed by atoms with Gasteiger partial charge in [0, 0.05) is 18.2 Å². The van der Waals surface area contributed by atoms with Crippen molar-refractivity contribution in [2.75, 3.05) is 23.8 Å². The lowest BCUT2D eigenvalue weighted by molar-refractivity contribution is 0.102. The molecular formula is C22H24N4O2. The minimum Gasteiger partial charge on any atom is -0.492 e. The van der Waals surface area contributed by atoms with E-state index in [2.05, 4.69) is 27.5 Å². The van der Waals surface area contributed by atoms with E-state index in [0.29, 0.717) is 35.4 Å². The van der Waals surface area contributed by atoms with Crippen molar-refractivity contribution in [1.29, 1.82) is 0 Å². The molecule has 0 radical (unpaired) electrons. The van der Waals surface area contributed by atoms with Crippen LogP contribution in [0, 0.1) is 0 Å². The second kappa shape index (κ2) is 9.50. The van der Waals surface area contributed by atoms with Gasteiger partial charge >= 0.3 is 0 Å². The van der Waals surface area contributed by atoms with Crippen LogP contribution in [-0.4, -0.2) is 29.0 Å². The van der Waals surface area contributed by atoms with Crippen LogP contribution in [0.15, 0.2) is 60.7 Å². The van der Waals surface area contributed by atoms with Crippen molar-refractivity contribution >= 4 is 17.4 Å². The Kier molecular flexibility index (Phi) is 6.57. The number of hydrogen-bond acceptors (Lipinski definition) is 5. The minimum atomic E-state index is -0.314. The summed E-state index contributed by atoms with van der Waals surface area (Å²) in [6.07, 6.45) is 0.952. The van der Waals surface area contributed by atoms with Gasteiger partial charge in [-0.2, -0.15) is 0 Å². The van der Waals surface area contributed by atoms with Crippen molar-refractivity contribution in [2.45, 2.75) is 20.3 Å². The molecule has 0 aliphatic rings. The van der Waals surface area contributed by atoms with E-state index >= 15 is 0 Å². The molecule has 6 nitrogen and oxygen atoms in total. The number of nitrogens with zero attached hydrogens (tertiary/aromatic N) is 2. The molecule has 0 bridgehead atoms. The summed E-state index contributed by atoms with van der Waals surface area (Å²) in [5.41, 5.74) is 1.75. The van der Waals surface area contributed by atoms with Gasteiger partial charge in [-0.15, -0.1) is 0 Å². The van der Waals surface area contributed by atoms with Crippen LogP contribution in [0.1, 0.15) is 30.8 Å². The van der Waals surface area contributed by atoms with Crippen LogP contribution >= 0.6 is 0 Å². The third-order valence-electron chi connectivity index (χ3n) is 3.98. The molecular weight excluding hydrogens is 352 g/mol. The first-order chi connectivity index (χ1) is 13.7. The van der Waals surface area contributed by atoms with Crippen LogP contribution in [0.3, 0.4) is 0 Å². The molecule has 2 aromatic carbocycles. The van der Waals surface area contributed by atoms with Crippen molar-refractivity contribution in [3.63, 3.8) is 0 Å². The monoisotopic (exact) mass is 376 g/mol. The first kappa shape index (κ1) is 19.4. The van der Waals surface area contributed by atoms with E-state index in [1.165, 1.54) is 0 Å². The Bertz CT molecular complexity index is 929. The fourth-order valence-electron chi connectivity index (χ4n) is 2.66. The number of carbonyl (C=O) groups excluding carboxylic acids is 1. The van der Waals surface area contributed by atoms with E-state index in [9.17, 15) is 4.79 Å². The SMILES string of the molecule is CCCNc1cc(C(=O)Nc2ccccc2OCC)nc(-c2ccccc2)n1. The van der Waals surface area contributed by atoms with Gasteiger partial charge in [0.25, 0.3) is 5.91 Å². The topological polar surface area (TPSA) is 76.1 Å². The standard InChI is InChI=1S/C22H24N4O2/c1-3-14-23-20-15-18(24-21(26-20)16-10-6-5-7-11-16)22(27)25-17-12-8-9-13-19(17)28-4-2/h5-13,15H,3-4,14H2,1-2H3,(H,25,27)(H,23,24,26). The highest BCUT2D eigenvalue weighted by Gasteiger charge is 2.15. The Morgan fingerprint density at radius 2 is 1.75 bits per heavy atom. The Labute approximate surface area is 165 Å². The zero-order valence-corrected chi connectivity index (χ0v) is 16.1. The van der Waals surface area contributed by atoms with Gasteiger partial charge in [0.05, 0.1) is 12.3 Å². The summed E-state index contributed by atoms with van der Waals surface area (Å²) >= 11 is 0. The lowest BCUT2D eigenvalue weighted by Crippen LogP contribution is -2.16. The zero-order valence-electron chi connectivity index (χ0n) is 16.1. The molecule has 3 aromatic rings. The van der Waals surface area contributed by atoms with Crippen LogP contribution in [0.25, 0.3) is 11.4 Å². The molecule has 2 N–H and O–H groups in total. The molecule has 0 saturated carbocycles. The predicted octanol–water partition coefficient (Wildman–Crippen LogP) is 4.62. The number of anilines is 2. The highest BCUT2D eigenvalue weighted by atomic mass is 16.5. The van der Waals surface area contributed by atoms with Gasteiger partial charge in [0.2, 0.25) is 0 Å². The molecule has 0 saturated heterocycles. The predicted molar refractivity (Wildman–Crippen MR) is 112 cm³/mol. The molecule has 0 spiro atoms. The Morgan fingerprint density at radius 3 is 2.50 bits per heavy atom. The summed E-state index contributed by atoms with van der Waals surface area (Å²) in [5.74, 6) is 1.44. The number of para-hydroxylation sites is 2. The van der Waals surface area contributed by atoms with E-state index in [-0.39, 0.29) is 5.91 Å². The normalized spacial score (nSPS) is 10.4. The van der Waals surface area contributed by atoms with Gasteiger partial charge in [0.1, 0.15) is 17.3 Å². The number of aromatic nitrogens is 2. The fourth-order valence-corrected chi connectivity index (χ4v) is 2.66. The number of ether oxygens (including phenoxy) is 1. The van der Waals surface area contributed by atoms with Gasteiger partial charge in [-0.05, 0) is 25.5 Å². The maximum atomic E-state index is 12.9. The molecule has 28 heavy (non-hydrogen) atoms. The summed E-state index contributed by atoms with van der Waals surface area (Å²) in [5, 5.41) is 6.13. The molecule has 6 heteroatoms. The minimum absolute atomic E-state index is 0.291. The molecule has 1 amide bonds. The van der Waals surface area contributed by atoms with E-state index in [4.69, 9.17) is 4.74 Å². The average Bonchev–Trinajstić information content (AvgIpc) is 2.74. The van der Waals surface area contributed by atoms with Gasteiger partial charge in [-0.25, -0.2) is 9.97 Å². The lowest BCUT2D eigenvalue weighted by Gasteiger charge is -2.12. The summed E-state index contributed by atoms with van der Waals surface area (Å²) < 4.78 is 5.58. The summed E-state index contributed by atoms with van der Waals surface area (Å²) in [6, 6.07) is 18.6. The molecule has 1 aromatic heterocycles. The van der Waals surface area contributed by atoms with Gasteiger partial charge in [-0.3, -0.25) is 4.79 Å². The second-order valence-electron chi connectivity index (χ2n) is 6.14. The van der Waals surface area contributed by atoms with Crippen LogP contribution in [0.2, 0.25) is 0 Å². The maximum Gasteiger partial charge on any atom is 0.274 e. The molecule has 144 valence electrons. The smallest absolute Gasteiger partial charge is 0.274 e. The van der Waals surface area contributed by atoms with Gasteiger partial charge in [0.15, 0.2) is 5.82 Å². The Balaban J connectivity index is 1.92. The fraction of sp³-hybridized carbons (Fsp3) is 0.227. The Morgan fingerprint density at radius 1 is 1.00 bits per heavy atom. The number of benzene rings is 2. The molecule has 0 fully saturated rings. The number of carbonyl (C=O) groups is 1. The highest BCUT2D eigenvalue weighted by Crippen LogP contribution is 2.25. The van der Waals surface area contributed by atoms with Crippen LogP contribution < -0.4 is 15.4 Å². The molecule has 1 heterocycles. The third kappa shape index (κ3) is 4.85.